The zero-order valence-corrected chi connectivity index (χ0v) is 9.92. The number of benzene rings is 2. The van der Waals surface area contributed by atoms with Gasteiger partial charge < -0.3 is 0 Å². The molecule has 0 aliphatic heterocycles. The van der Waals surface area contributed by atoms with E-state index in [4.69, 9.17) is 0 Å². The van der Waals surface area contributed by atoms with E-state index in [0.717, 1.165) is 0 Å². The second-order valence-corrected chi connectivity index (χ2v) is 4.64. The molecule has 66 valence electrons. The fourth-order valence-electron chi connectivity index (χ4n) is 1.82. The molecule has 0 atom stereocenters. The van der Waals surface area contributed by atoms with Gasteiger partial charge in [-0.15, -0.1) is 0 Å². The van der Waals surface area contributed by atoms with E-state index in [1.54, 1.807) is 0 Å². The molecule has 2 aromatic rings. The van der Waals surface area contributed by atoms with E-state index < -0.39 is 0 Å². The summed E-state index contributed by atoms with van der Waals surface area (Å²) >= 11 is 2.37. The molecule has 0 unspecified atom stereocenters. The molecule has 0 saturated heterocycles. The van der Waals surface area contributed by atoms with Crippen LogP contribution in [0.5, 0.6) is 0 Å². The van der Waals surface area contributed by atoms with Crippen LogP contribution in [0.4, 0.5) is 0 Å². The largest absolute Gasteiger partial charge is 0.0614 e. The van der Waals surface area contributed by atoms with Crippen LogP contribution in [0.1, 0.15) is 11.1 Å². The zero-order valence-electron chi connectivity index (χ0n) is 7.76. The molecular formula is C12H11I. The Hall–Kier alpha value is -0.570. The van der Waals surface area contributed by atoms with Gasteiger partial charge in [0.2, 0.25) is 0 Å². The van der Waals surface area contributed by atoms with Crippen LogP contribution in [0.2, 0.25) is 0 Å². The zero-order chi connectivity index (χ0) is 9.42. The van der Waals surface area contributed by atoms with Crippen LogP contribution in [-0.4, -0.2) is 0 Å². The lowest BCUT2D eigenvalue weighted by molar-refractivity contribution is 1.45. The Morgan fingerprint density at radius 3 is 2.54 bits per heavy atom. The van der Waals surface area contributed by atoms with Gasteiger partial charge in [0.25, 0.3) is 0 Å². The predicted molar refractivity (Wildman–Crippen MR) is 66.1 cm³/mol. The normalized spacial score (nSPS) is 10.7. The highest BCUT2D eigenvalue weighted by molar-refractivity contribution is 14.1. The highest BCUT2D eigenvalue weighted by Gasteiger charge is 2.00. The Morgan fingerprint density at radius 1 is 1.00 bits per heavy atom. The third-order valence-electron chi connectivity index (χ3n) is 2.35. The van der Waals surface area contributed by atoms with Crippen molar-refractivity contribution in [2.24, 2.45) is 0 Å². The first-order chi connectivity index (χ1) is 6.18. The molecule has 2 aromatic carbocycles. The number of rotatable bonds is 0. The van der Waals surface area contributed by atoms with E-state index in [9.17, 15) is 0 Å². The van der Waals surface area contributed by atoms with Crippen molar-refractivity contribution in [2.45, 2.75) is 13.8 Å². The van der Waals surface area contributed by atoms with E-state index in [1.165, 1.54) is 25.5 Å². The third kappa shape index (κ3) is 1.57. The minimum Gasteiger partial charge on any atom is -0.0614 e. The van der Waals surface area contributed by atoms with Gasteiger partial charge >= 0.3 is 0 Å². The molecule has 0 aromatic heterocycles. The Morgan fingerprint density at radius 2 is 1.77 bits per heavy atom. The molecule has 0 aliphatic rings. The van der Waals surface area contributed by atoms with Gasteiger partial charge in [0.05, 0.1) is 0 Å². The van der Waals surface area contributed by atoms with Crippen molar-refractivity contribution < 1.29 is 0 Å². The summed E-state index contributed by atoms with van der Waals surface area (Å²) in [5.41, 5.74) is 2.74. The maximum atomic E-state index is 2.37. The first-order valence-corrected chi connectivity index (χ1v) is 5.42. The maximum absolute atomic E-state index is 2.37. The highest BCUT2D eigenvalue weighted by Crippen LogP contribution is 2.24. The summed E-state index contributed by atoms with van der Waals surface area (Å²) in [5, 5.41) is 2.76. The Kier molecular flexibility index (Phi) is 2.28. The molecule has 0 nitrogen and oxygen atoms in total. The van der Waals surface area contributed by atoms with E-state index in [1.807, 2.05) is 0 Å². The average Bonchev–Trinajstić information content (AvgIpc) is 2.02. The van der Waals surface area contributed by atoms with Gasteiger partial charge in [-0.3, -0.25) is 0 Å². The average molecular weight is 282 g/mol. The fraction of sp³-hybridized carbons (Fsp3) is 0.167. The van der Waals surface area contributed by atoms with Gasteiger partial charge in [0, 0.05) is 3.57 Å². The van der Waals surface area contributed by atoms with E-state index >= 15 is 0 Å². The molecular weight excluding hydrogens is 271 g/mol. The van der Waals surface area contributed by atoms with Crippen molar-refractivity contribution in [3.63, 3.8) is 0 Å². The third-order valence-corrected chi connectivity index (χ3v) is 2.97. The predicted octanol–water partition coefficient (Wildman–Crippen LogP) is 4.06. The first-order valence-electron chi connectivity index (χ1n) is 4.34. The molecule has 13 heavy (non-hydrogen) atoms. The molecule has 0 N–H and O–H groups in total. The minimum atomic E-state index is 1.31. The summed E-state index contributed by atoms with van der Waals surface area (Å²) in [5.74, 6) is 0. The van der Waals surface area contributed by atoms with Crippen LogP contribution in [0.25, 0.3) is 10.8 Å². The van der Waals surface area contributed by atoms with Crippen molar-refractivity contribution in [1.82, 2.24) is 0 Å². The lowest BCUT2D eigenvalue weighted by Gasteiger charge is -2.06. The molecule has 2 rings (SSSR count). The molecule has 0 bridgehead atoms. The number of hydrogen-bond donors (Lipinski definition) is 0. The van der Waals surface area contributed by atoms with Crippen LogP contribution >= 0.6 is 22.6 Å². The summed E-state index contributed by atoms with van der Waals surface area (Å²) in [6.07, 6.45) is 0. The minimum absolute atomic E-state index is 1.31. The van der Waals surface area contributed by atoms with Crippen molar-refractivity contribution in [3.05, 3.63) is 45.0 Å². The second-order valence-electron chi connectivity index (χ2n) is 3.40. The van der Waals surface area contributed by atoms with Crippen LogP contribution < -0.4 is 0 Å². The number of hydrogen-bond acceptors (Lipinski definition) is 0. The molecule has 0 heterocycles. The maximum Gasteiger partial charge on any atom is 0.0139 e. The van der Waals surface area contributed by atoms with Crippen LogP contribution in [0, 0.1) is 17.4 Å². The van der Waals surface area contributed by atoms with Crippen molar-refractivity contribution in [2.75, 3.05) is 0 Å². The standard InChI is InChI=1S/C12H11I/c1-8-4-3-5-10-7-11(13)6-9(2)12(8)10/h3-7H,1-2H3. The lowest BCUT2D eigenvalue weighted by atomic mass is 10.0. The van der Waals surface area contributed by atoms with Crippen molar-refractivity contribution >= 4 is 33.4 Å². The smallest absolute Gasteiger partial charge is 0.0139 e. The van der Waals surface area contributed by atoms with Gasteiger partial charge in [-0.05, 0) is 70.5 Å². The number of fused-ring (bicyclic) bond motifs is 1. The summed E-state index contributed by atoms with van der Waals surface area (Å²) < 4.78 is 1.31. The Bertz CT molecular complexity index is 458. The molecule has 0 saturated carbocycles. The van der Waals surface area contributed by atoms with Gasteiger partial charge in [-0.2, -0.15) is 0 Å². The van der Waals surface area contributed by atoms with E-state index in [2.05, 4.69) is 66.8 Å². The van der Waals surface area contributed by atoms with Gasteiger partial charge in [-0.25, -0.2) is 0 Å². The topological polar surface area (TPSA) is 0 Å². The van der Waals surface area contributed by atoms with Gasteiger partial charge in [0.15, 0.2) is 0 Å². The monoisotopic (exact) mass is 282 g/mol. The van der Waals surface area contributed by atoms with Crippen LogP contribution in [0.15, 0.2) is 30.3 Å². The SMILES string of the molecule is Cc1cccc2cc(I)cc(C)c12. The van der Waals surface area contributed by atoms with Gasteiger partial charge in [0.1, 0.15) is 0 Å². The quantitative estimate of drug-likeness (QED) is 0.639. The molecule has 0 fully saturated rings. The molecule has 0 spiro atoms. The number of aryl methyl sites for hydroxylation is 2. The highest BCUT2D eigenvalue weighted by atomic mass is 127. The van der Waals surface area contributed by atoms with Crippen LogP contribution in [0.3, 0.4) is 0 Å². The summed E-state index contributed by atoms with van der Waals surface area (Å²) in [6, 6.07) is 10.9. The summed E-state index contributed by atoms with van der Waals surface area (Å²) in [7, 11) is 0. The molecule has 1 heteroatoms. The van der Waals surface area contributed by atoms with Crippen molar-refractivity contribution in [3.8, 4) is 0 Å². The number of halogens is 1. The fourth-order valence-corrected chi connectivity index (χ4v) is 2.62. The molecule has 0 aliphatic carbocycles. The Balaban J connectivity index is 2.94. The van der Waals surface area contributed by atoms with Crippen LogP contribution in [-0.2, 0) is 0 Å². The first kappa shape index (κ1) is 9.00. The van der Waals surface area contributed by atoms with Crippen molar-refractivity contribution in [1.29, 1.82) is 0 Å². The van der Waals surface area contributed by atoms with E-state index in [0.29, 0.717) is 0 Å². The summed E-state index contributed by atoms with van der Waals surface area (Å²) in [6.45, 7) is 4.35. The molecule has 0 amide bonds. The lowest BCUT2D eigenvalue weighted by Crippen LogP contribution is -1.84. The summed E-state index contributed by atoms with van der Waals surface area (Å²) in [4.78, 5) is 0. The molecule has 0 radical (unpaired) electrons. The second kappa shape index (κ2) is 3.29. The van der Waals surface area contributed by atoms with Gasteiger partial charge in [-0.1, -0.05) is 18.2 Å². The van der Waals surface area contributed by atoms with E-state index in [-0.39, 0.29) is 0 Å². The Labute approximate surface area is 92.1 Å².